The third-order valence-corrected chi connectivity index (χ3v) is 5.54. The Labute approximate surface area is 152 Å². The molecular weight excluding hydrogens is 331 g/mol. The monoisotopic (exact) mass is 354 g/mol. The number of carbonyl (C=O) groups excluding carboxylic acids is 1. The standard InChI is InChI=1S/C20H23FN4O/c21-17-5-2-10-23-19(17)24-11-3-7-20(14-24)8-6-18(26)25(15-20)13-16-4-1-9-22-12-16/h1-2,4-5,9-10,12H,3,6-8,11,13-15H2/t20-/m0/s1. The second-order valence-corrected chi connectivity index (χ2v) is 7.45. The molecular formula is C20H23FN4O. The lowest BCUT2D eigenvalue weighted by molar-refractivity contribution is -0.138. The van der Waals surface area contributed by atoms with Crippen LogP contribution in [0.4, 0.5) is 10.2 Å². The minimum atomic E-state index is -0.274. The van der Waals surface area contributed by atoms with E-state index in [-0.39, 0.29) is 17.1 Å². The molecule has 4 heterocycles. The number of likely N-dealkylation sites (tertiary alicyclic amines) is 1. The summed E-state index contributed by atoms with van der Waals surface area (Å²) in [6.07, 6.45) is 8.66. The van der Waals surface area contributed by atoms with E-state index in [2.05, 4.69) is 14.9 Å². The van der Waals surface area contributed by atoms with Crippen LogP contribution in [-0.4, -0.2) is 40.4 Å². The average Bonchev–Trinajstić information content (AvgIpc) is 2.66. The molecule has 4 rings (SSSR count). The Morgan fingerprint density at radius 2 is 2.04 bits per heavy atom. The summed E-state index contributed by atoms with van der Waals surface area (Å²) in [6.45, 7) is 2.86. The highest BCUT2D eigenvalue weighted by molar-refractivity contribution is 5.77. The lowest BCUT2D eigenvalue weighted by Crippen LogP contribution is -2.54. The van der Waals surface area contributed by atoms with Crippen LogP contribution in [0.2, 0.25) is 0 Å². The summed E-state index contributed by atoms with van der Waals surface area (Å²) in [4.78, 5) is 24.8. The van der Waals surface area contributed by atoms with Crippen molar-refractivity contribution in [2.45, 2.75) is 32.2 Å². The summed E-state index contributed by atoms with van der Waals surface area (Å²) in [7, 11) is 0. The van der Waals surface area contributed by atoms with Crippen LogP contribution >= 0.6 is 0 Å². The molecule has 136 valence electrons. The minimum absolute atomic E-state index is 0.0122. The van der Waals surface area contributed by atoms with Crippen molar-refractivity contribution in [3.63, 3.8) is 0 Å². The largest absolute Gasteiger partial charge is 0.354 e. The highest BCUT2D eigenvalue weighted by Gasteiger charge is 2.42. The molecule has 26 heavy (non-hydrogen) atoms. The van der Waals surface area contributed by atoms with Crippen molar-refractivity contribution in [2.24, 2.45) is 5.41 Å². The molecule has 2 aromatic heterocycles. The fourth-order valence-corrected chi connectivity index (χ4v) is 4.29. The van der Waals surface area contributed by atoms with Crippen LogP contribution in [0.25, 0.3) is 0 Å². The van der Waals surface area contributed by atoms with Crippen molar-refractivity contribution >= 4 is 11.7 Å². The quantitative estimate of drug-likeness (QED) is 0.850. The lowest BCUT2D eigenvalue weighted by atomic mass is 9.73. The van der Waals surface area contributed by atoms with Crippen molar-refractivity contribution in [1.82, 2.24) is 14.9 Å². The first-order valence-electron chi connectivity index (χ1n) is 9.17. The number of rotatable bonds is 3. The summed E-state index contributed by atoms with van der Waals surface area (Å²) < 4.78 is 14.2. The molecule has 2 aliphatic heterocycles. The van der Waals surface area contributed by atoms with E-state index in [4.69, 9.17) is 0 Å². The Hall–Kier alpha value is -2.50. The first kappa shape index (κ1) is 16.9. The van der Waals surface area contributed by atoms with Gasteiger partial charge in [-0.1, -0.05) is 6.07 Å². The second-order valence-electron chi connectivity index (χ2n) is 7.45. The number of carbonyl (C=O) groups is 1. The summed E-state index contributed by atoms with van der Waals surface area (Å²) >= 11 is 0. The maximum Gasteiger partial charge on any atom is 0.222 e. The molecule has 2 fully saturated rings. The normalized spacial score (nSPS) is 23.5. The van der Waals surface area contributed by atoms with Gasteiger partial charge < -0.3 is 9.80 Å². The van der Waals surface area contributed by atoms with Gasteiger partial charge in [-0.15, -0.1) is 0 Å². The number of aromatic nitrogens is 2. The van der Waals surface area contributed by atoms with E-state index in [9.17, 15) is 9.18 Å². The SMILES string of the molecule is O=C1CC[C@]2(CCCN(c3ncccc3F)C2)CN1Cc1cccnc1. The van der Waals surface area contributed by atoms with Gasteiger partial charge in [0.2, 0.25) is 5.91 Å². The minimum Gasteiger partial charge on any atom is -0.354 e. The summed E-state index contributed by atoms with van der Waals surface area (Å²) in [5.74, 6) is 0.353. The molecule has 0 aliphatic carbocycles. The van der Waals surface area contributed by atoms with Crippen molar-refractivity contribution < 1.29 is 9.18 Å². The number of hydrogen-bond acceptors (Lipinski definition) is 4. The van der Waals surface area contributed by atoms with Crippen LogP contribution in [-0.2, 0) is 11.3 Å². The van der Waals surface area contributed by atoms with Gasteiger partial charge in [-0.3, -0.25) is 9.78 Å². The first-order chi connectivity index (χ1) is 12.7. The van der Waals surface area contributed by atoms with Crippen LogP contribution in [0.15, 0.2) is 42.9 Å². The number of nitrogens with zero attached hydrogens (tertiary/aromatic N) is 4. The number of hydrogen-bond donors (Lipinski definition) is 0. The lowest BCUT2D eigenvalue weighted by Gasteiger charge is -2.48. The Balaban J connectivity index is 1.52. The zero-order valence-electron chi connectivity index (χ0n) is 14.8. The number of halogens is 1. The van der Waals surface area contributed by atoms with Crippen LogP contribution in [0.3, 0.4) is 0 Å². The van der Waals surface area contributed by atoms with Gasteiger partial charge >= 0.3 is 0 Å². The van der Waals surface area contributed by atoms with Crippen molar-refractivity contribution in [1.29, 1.82) is 0 Å². The number of anilines is 1. The van der Waals surface area contributed by atoms with Gasteiger partial charge in [0.05, 0.1) is 0 Å². The van der Waals surface area contributed by atoms with Crippen LogP contribution in [0, 0.1) is 11.2 Å². The molecule has 2 aromatic rings. The molecule has 2 saturated heterocycles. The van der Waals surface area contributed by atoms with Crippen molar-refractivity contribution in [3.8, 4) is 0 Å². The topological polar surface area (TPSA) is 49.3 Å². The first-order valence-corrected chi connectivity index (χ1v) is 9.17. The predicted octanol–water partition coefficient (Wildman–Crippen LogP) is 3.02. The summed E-state index contributed by atoms with van der Waals surface area (Å²) in [5.41, 5.74) is 1.06. The van der Waals surface area contributed by atoms with Gasteiger partial charge in [-0.25, -0.2) is 9.37 Å². The van der Waals surface area contributed by atoms with Gasteiger partial charge in [0.25, 0.3) is 0 Å². The molecule has 0 unspecified atom stereocenters. The zero-order valence-corrected chi connectivity index (χ0v) is 14.8. The third kappa shape index (κ3) is 3.41. The average molecular weight is 354 g/mol. The van der Waals surface area contributed by atoms with Gasteiger partial charge in [0, 0.05) is 56.6 Å². The number of piperidine rings is 2. The smallest absolute Gasteiger partial charge is 0.222 e. The molecule has 0 N–H and O–H groups in total. The van der Waals surface area contributed by atoms with Gasteiger partial charge in [0.15, 0.2) is 11.6 Å². The van der Waals surface area contributed by atoms with E-state index >= 15 is 0 Å². The van der Waals surface area contributed by atoms with E-state index < -0.39 is 0 Å². The molecule has 6 heteroatoms. The number of pyridine rings is 2. The Morgan fingerprint density at radius 1 is 1.15 bits per heavy atom. The van der Waals surface area contributed by atoms with Crippen molar-refractivity contribution in [3.05, 3.63) is 54.2 Å². The predicted molar refractivity (Wildman–Crippen MR) is 97.0 cm³/mol. The summed E-state index contributed by atoms with van der Waals surface area (Å²) in [5, 5.41) is 0. The third-order valence-electron chi connectivity index (χ3n) is 5.54. The van der Waals surface area contributed by atoms with Gasteiger partial charge in [0.1, 0.15) is 0 Å². The van der Waals surface area contributed by atoms with E-state index in [0.29, 0.717) is 25.3 Å². The summed E-state index contributed by atoms with van der Waals surface area (Å²) in [6, 6.07) is 6.97. The van der Waals surface area contributed by atoms with E-state index in [0.717, 1.165) is 37.9 Å². The Bertz CT molecular complexity index is 784. The molecule has 1 spiro atoms. The molecule has 5 nitrogen and oxygen atoms in total. The fraction of sp³-hybridized carbons (Fsp3) is 0.450. The van der Waals surface area contributed by atoms with Gasteiger partial charge in [-0.2, -0.15) is 0 Å². The Morgan fingerprint density at radius 3 is 2.85 bits per heavy atom. The van der Waals surface area contributed by atoms with E-state index in [1.807, 2.05) is 23.2 Å². The maximum atomic E-state index is 14.2. The molecule has 0 aromatic carbocycles. The zero-order chi connectivity index (χ0) is 18.0. The maximum absolute atomic E-state index is 14.2. The molecule has 1 amide bonds. The Kier molecular flexibility index (Phi) is 4.57. The highest BCUT2D eigenvalue weighted by atomic mass is 19.1. The highest BCUT2D eigenvalue weighted by Crippen LogP contribution is 2.40. The van der Waals surface area contributed by atoms with Crippen LogP contribution < -0.4 is 4.90 Å². The number of amides is 1. The van der Waals surface area contributed by atoms with Crippen LogP contribution in [0.5, 0.6) is 0 Å². The second kappa shape index (κ2) is 7.02. The molecule has 2 aliphatic rings. The fourth-order valence-electron chi connectivity index (χ4n) is 4.29. The van der Waals surface area contributed by atoms with Gasteiger partial charge in [-0.05, 0) is 43.0 Å². The molecule has 0 radical (unpaired) electrons. The van der Waals surface area contributed by atoms with Crippen molar-refractivity contribution in [2.75, 3.05) is 24.5 Å². The molecule has 0 bridgehead atoms. The van der Waals surface area contributed by atoms with E-state index in [1.54, 1.807) is 18.5 Å². The molecule has 1 atom stereocenters. The van der Waals surface area contributed by atoms with Crippen LogP contribution in [0.1, 0.15) is 31.2 Å². The van der Waals surface area contributed by atoms with E-state index in [1.165, 1.54) is 6.07 Å². The molecule has 0 saturated carbocycles.